The summed E-state index contributed by atoms with van der Waals surface area (Å²) in [6, 6.07) is 14.4. The van der Waals surface area contributed by atoms with Crippen molar-refractivity contribution in [2.24, 2.45) is 23.7 Å². The number of carbonyl (C=O) groups excluding carboxylic acids is 1. The SMILES string of the molecule is C=C(C)C(=O)OCC(CO)CC1CCC(C2CCC(c3ccc(-c4ccc(CCCCC)cc4F)cc3)CC2)CC1. The van der Waals surface area contributed by atoms with Crippen LogP contribution >= 0.6 is 0 Å². The van der Waals surface area contributed by atoms with Crippen molar-refractivity contribution in [2.75, 3.05) is 13.2 Å². The van der Waals surface area contributed by atoms with Crippen molar-refractivity contribution >= 4 is 5.97 Å². The molecule has 1 N–H and O–H groups in total. The van der Waals surface area contributed by atoms with Gasteiger partial charge in [-0.15, -0.1) is 0 Å². The largest absolute Gasteiger partial charge is 0.462 e. The number of esters is 1. The second-order valence-electron chi connectivity index (χ2n) is 12.9. The van der Waals surface area contributed by atoms with Crippen molar-refractivity contribution in [3.63, 3.8) is 0 Å². The van der Waals surface area contributed by atoms with Gasteiger partial charge in [-0.3, -0.25) is 0 Å². The Balaban J connectivity index is 1.21. The average Bonchev–Trinajstić information content (AvgIpc) is 3.00. The second kappa shape index (κ2) is 15.7. The van der Waals surface area contributed by atoms with Crippen molar-refractivity contribution < 1.29 is 19.0 Å². The van der Waals surface area contributed by atoms with Gasteiger partial charge >= 0.3 is 5.97 Å². The van der Waals surface area contributed by atoms with Gasteiger partial charge in [-0.2, -0.15) is 0 Å². The molecular weight excluding hydrogens is 511 g/mol. The summed E-state index contributed by atoms with van der Waals surface area (Å²) >= 11 is 0. The fraction of sp³-hybridized carbons (Fsp3) is 0.595. The summed E-state index contributed by atoms with van der Waals surface area (Å²) in [4.78, 5) is 11.7. The van der Waals surface area contributed by atoms with Crippen LogP contribution in [0.1, 0.15) is 108 Å². The van der Waals surface area contributed by atoms with Crippen LogP contribution in [-0.4, -0.2) is 24.3 Å². The minimum absolute atomic E-state index is 0.0214. The van der Waals surface area contributed by atoms with Crippen LogP contribution in [0.15, 0.2) is 54.6 Å². The molecule has 3 nitrogen and oxygen atoms in total. The van der Waals surface area contributed by atoms with Crippen LogP contribution in [0.2, 0.25) is 0 Å². The van der Waals surface area contributed by atoms with E-state index in [0.29, 0.717) is 23.0 Å². The van der Waals surface area contributed by atoms with Crippen molar-refractivity contribution in [2.45, 2.75) is 103 Å². The molecule has 0 aromatic heterocycles. The highest BCUT2D eigenvalue weighted by Crippen LogP contribution is 2.45. The van der Waals surface area contributed by atoms with Crippen LogP contribution in [0.4, 0.5) is 4.39 Å². The van der Waals surface area contributed by atoms with Crippen molar-refractivity contribution in [3.8, 4) is 11.1 Å². The Hall–Kier alpha value is -2.46. The zero-order chi connectivity index (χ0) is 29.2. The average molecular weight is 563 g/mol. The molecule has 2 aromatic carbocycles. The summed E-state index contributed by atoms with van der Waals surface area (Å²) in [5.41, 5.74) is 4.57. The van der Waals surface area contributed by atoms with E-state index < -0.39 is 0 Å². The van der Waals surface area contributed by atoms with Crippen molar-refractivity contribution in [1.82, 2.24) is 0 Å². The monoisotopic (exact) mass is 562 g/mol. The van der Waals surface area contributed by atoms with Gasteiger partial charge in [-0.1, -0.05) is 75.6 Å². The third kappa shape index (κ3) is 9.01. The molecule has 2 aliphatic carbocycles. The molecule has 224 valence electrons. The highest BCUT2D eigenvalue weighted by molar-refractivity contribution is 5.86. The maximum atomic E-state index is 14.9. The van der Waals surface area contributed by atoms with E-state index in [9.17, 15) is 14.3 Å². The predicted octanol–water partition coefficient (Wildman–Crippen LogP) is 9.42. The number of unbranched alkanes of at least 4 members (excludes halogenated alkanes) is 2. The molecule has 0 amide bonds. The summed E-state index contributed by atoms with van der Waals surface area (Å²) in [7, 11) is 0. The zero-order valence-corrected chi connectivity index (χ0v) is 25.4. The van der Waals surface area contributed by atoms with Crippen molar-refractivity contribution in [3.05, 3.63) is 71.6 Å². The Kier molecular flexibility index (Phi) is 12.0. The number of hydrogen-bond acceptors (Lipinski definition) is 3. The van der Waals surface area contributed by atoms with E-state index in [4.69, 9.17) is 4.74 Å². The van der Waals surface area contributed by atoms with E-state index in [2.05, 4.69) is 43.8 Å². The third-order valence-corrected chi connectivity index (χ3v) is 9.85. The lowest BCUT2D eigenvalue weighted by atomic mass is 9.67. The molecule has 41 heavy (non-hydrogen) atoms. The fourth-order valence-electron chi connectivity index (χ4n) is 7.26. The number of aryl methyl sites for hydroxylation is 1. The number of hydrogen-bond donors (Lipinski definition) is 1. The van der Waals surface area contributed by atoms with Crippen LogP contribution in [-0.2, 0) is 16.0 Å². The molecule has 0 radical (unpaired) electrons. The van der Waals surface area contributed by atoms with Gasteiger partial charge in [0.05, 0.1) is 6.61 Å². The minimum Gasteiger partial charge on any atom is -0.462 e. The normalized spacial score (nSPS) is 23.6. The Morgan fingerprint density at radius 3 is 2.22 bits per heavy atom. The second-order valence-corrected chi connectivity index (χ2v) is 12.9. The number of aliphatic hydroxyl groups excluding tert-OH is 1. The molecule has 2 aromatic rings. The quantitative estimate of drug-likeness (QED) is 0.150. The Morgan fingerprint density at radius 1 is 0.976 bits per heavy atom. The lowest BCUT2D eigenvalue weighted by Crippen LogP contribution is -2.27. The summed E-state index contributed by atoms with van der Waals surface area (Å²) in [5.74, 6) is 2.40. The first kappa shape index (κ1) is 31.5. The Bertz CT molecular complexity index is 1110. The van der Waals surface area contributed by atoms with Gasteiger partial charge in [-0.25, -0.2) is 9.18 Å². The maximum absolute atomic E-state index is 14.9. The standard InChI is InChI=1S/C37H51FO3/c1-4-5-6-7-27-10-21-35(36(38)23-27)34-19-17-33(18-20-34)32-15-13-31(14-16-32)30-11-8-28(9-12-30)22-29(24-39)25-41-37(40)26(2)3/h10,17-21,23,28-32,39H,2,4-9,11-16,22,24-25H2,1,3H3. The van der Waals surface area contributed by atoms with Crippen molar-refractivity contribution in [1.29, 1.82) is 0 Å². The fourth-order valence-corrected chi connectivity index (χ4v) is 7.26. The first-order valence-electron chi connectivity index (χ1n) is 16.2. The first-order chi connectivity index (χ1) is 19.9. The summed E-state index contributed by atoms with van der Waals surface area (Å²) in [6.45, 7) is 7.82. The molecule has 1 atom stereocenters. The van der Waals surface area contributed by atoms with Crippen LogP contribution < -0.4 is 0 Å². The van der Waals surface area contributed by atoms with Gasteiger partial charge < -0.3 is 9.84 Å². The van der Waals surface area contributed by atoms with Gasteiger partial charge in [0.15, 0.2) is 0 Å². The number of ether oxygens (including phenoxy) is 1. The lowest BCUT2D eigenvalue weighted by molar-refractivity contribution is -0.140. The molecule has 1 unspecified atom stereocenters. The molecule has 0 saturated heterocycles. The van der Waals surface area contributed by atoms with Gasteiger partial charge in [0.25, 0.3) is 0 Å². The van der Waals surface area contributed by atoms with Gasteiger partial charge in [-0.05, 0) is 111 Å². The molecule has 0 heterocycles. The lowest BCUT2D eigenvalue weighted by Gasteiger charge is -2.38. The minimum atomic E-state index is -0.365. The zero-order valence-electron chi connectivity index (χ0n) is 25.4. The van der Waals surface area contributed by atoms with Gasteiger partial charge in [0.2, 0.25) is 0 Å². The molecule has 4 rings (SSSR count). The van der Waals surface area contributed by atoms with E-state index in [1.165, 1.54) is 69.8 Å². The highest BCUT2D eigenvalue weighted by Gasteiger charge is 2.32. The van der Waals surface area contributed by atoms with Gasteiger partial charge in [0, 0.05) is 23.7 Å². The highest BCUT2D eigenvalue weighted by atomic mass is 19.1. The molecule has 2 aliphatic rings. The molecule has 2 fully saturated rings. The molecule has 2 saturated carbocycles. The number of halogens is 1. The topological polar surface area (TPSA) is 46.5 Å². The van der Waals surface area contributed by atoms with Crippen LogP contribution in [0.3, 0.4) is 0 Å². The molecule has 4 heteroatoms. The maximum Gasteiger partial charge on any atom is 0.333 e. The first-order valence-corrected chi connectivity index (χ1v) is 16.2. The van der Waals surface area contributed by atoms with Crippen LogP contribution in [0.5, 0.6) is 0 Å². The smallest absolute Gasteiger partial charge is 0.333 e. The molecular formula is C37H51FO3. The number of benzene rings is 2. The summed E-state index contributed by atoms with van der Waals surface area (Å²) in [6.07, 6.45) is 15.4. The predicted molar refractivity (Wildman–Crippen MR) is 166 cm³/mol. The van der Waals surface area contributed by atoms with E-state index in [0.717, 1.165) is 42.2 Å². The molecule has 0 bridgehead atoms. The molecule has 0 spiro atoms. The van der Waals surface area contributed by atoms with E-state index >= 15 is 0 Å². The summed E-state index contributed by atoms with van der Waals surface area (Å²) in [5, 5.41) is 9.78. The number of carbonyl (C=O) groups is 1. The Morgan fingerprint density at radius 2 is 1.63 bits per heavy atom. The number of rotatable bonds is 13. The van der Waals surface area contributed by atoms with Crippen LogP contribution in [0, 0.1) is 29.5 Å². The summed E-state index contributed by atoms with van der Waals surface area (Å²) < 4.78 is 20.2. The third-order valence-electron chi connectivity index (χ3n) is 9.85. The van der Waals surface area contributed by atoms with Crippen LogP contribution in [0.25, 0.3) is 11.1 Å². The van der Waals surface area contributed by atoms with E-state index in [-0.39, 0.29) is 30.9 Å². The van der Waals surface area contributed by atoms with E-state index in [1.807, 2.05) is 6.07 Å². The molecule has 0 aliphatic heterocycles. The Labute approximate surface area is 247 Å². The number of aliphatic hydroxyl groups is 1. The van der Waals surface area contributed by atoms with E-state index in [1.54, 1.807) is 13.0 Å². The van der Waals surface area contributed by atoms with Gasteiger partial charge in [0.1, 0.15) is 5.82 Å².